The van der Waals surface area contributed by atoms with Gasteiger partial charge in [-0.2, -0.15) is 5.10 Å². The van der Waals surface area contributed by atoms with Crippen LogP contribution in [0.25, 0.3) is 0 Å². The molecule has 1 aliphatic heterocycles. The normalized spacial score (nSPS) is 15.8. The summed E-state index contributed by atoms with van der Waals surface area (Å²) >= 11 is 10.9. The first-order valence-corrected chi connectivity index (χ1v) is 6.31. The van der Waals surface area contributed by atoms with Crippen LogP contribution in [0.15, 0.2) is 17.5 Å². The molecular weight excluding hydrogens is 272 g/mol. The number of aromatic nitrogens is 2. The lowest BCUT2D eigenvalue weighted by molar-refractivity contribution is 0.509. The number of amidine groups is 1. The second kappa shape index (κ2) is 5.92. The minimum Gasteiger partial charge on any atom is -0.380 e. The van der Waals surface area contributed by atoms with Crippen molar-refractivity contribution >= 4 is 34.8 Å². The highest BCUT2D eigenvalue weighted by atomic mass is 35.5. The molecule has 0 bridgehead atoms. The van der Waals surface area contributed by atoms with Gasteiger partial charge in [0.05, 0.1) is 12.4 Å². The van der Waals surface area contributed by atoms with Gasteiger partial charge in [-0.1, -0.05) is 11.6 Å². The van der Waals surface area contributed by atoms with Gasteiger partial charge in [-0.05, 0) is 25.1 Å². The molecule has 0 radical (unpaired) electrons. The van der Waals surface area contributed by atoms with Gasteiger partial charge in [0.15, 0.2) is 10.9 Å². The minimum absolute atomic E-state index is 0.201. The van der Waals surface area contributed by atoms with Crippen LogP contribution in [0.4, 0.5) is 0 Å². The van der Waals surface area contributed by atoms with E-state index in [4.69, 9.17) is 29.6 Å². The highest BCUT2D eigenvalue weighted by molar-refractivity contribution is 7.80. The van der Waals surface area contributed by atoms with Gasteiger partial charge in [-0.25, -0.2) is 4.98 Å². The lowest BCUT2D eigenvalue weighted by Crippen LogP contribution is -2.36. The first-order valence-electron chi connectivity index (χ1n) is 5.53. The SMILES string of the molecule is N/C(=N\NC(=S)N1CCCC1)c1cncc(Cl)n1. The smallest absolute Gasteiger partial charge is 0.189 e. The topological polar surface area (TPSA) is 79.4 Å². The van der Waals surface area contributed by atoms with Gasteiger partial charge >= 0.3 is 0 Å². The van der Waals surface area contributed by atoms with Crippen molar-refractivity contribution in [1.82, 2.24) is 20.3 Å². The zero-order valence-electron chi connectivity index (χ0n) is 9.64. The van der Waals surface area contributed by atoms with Gasteiger partial charge in [0.1, 0.15) is 10.8 Å². The number of rotatable bonds is 2. The fraction of sp³-hybridized carbons (Fsp3) is 0.400. The first-order chi connectivity index (χ1) is 8.66. The van der Waals surface area contributed by atoms with E-state index in [1.165, 1.54) is 12.4 Å². The third-order valence-corrected chi connectivity index (χ3v) is 3.06. The summed E-state index contributed by atoms with van der Waals surface area (Å²) in [5.74, 6) is 0.201. The molecular formula is C10H13ClN6S. The van der Waals surface area contributed by atoms with Gasteiger partial charge in [0.2, 0.25) is 0 Å². The summed E-state index contributed by atoms with van der Waals surface area (Å²) in [5.41, 5.74) is 8.93. The number of hydrogen-bond acceptors (Lipinski definition) is 4. The summed E-state index contributed by atoms with van der Waals surface area (Å²) in [4.78, 5) is 9.93. The van der Waals surface area contributed by atoms with Crippen molar-refractivity contribution in [2.45, 2.75) is 12.8 Å². The molecule has 0 spiro atoms. The Labute approximate surface area is 115 Å². The summed E-state index contributed by atoms with van der Waals surface area (Å²) in [7, 11) is 0. The number of nitrogens with one attached hydrogen (secondary N) is 1. The maximum absolute atomic E-state index is 5.76. The van der Waals surface area contributed by atoms with Crippen LogP contribution in [0.2, 0.25) is 5.15 Å². The Hall–Kier alpha value is -1.47. The predicted octanol–water partition coefficient (Wildman–Crippen LogP) is 0.721. The molecule has 1 aromatic rings. The molecule has 2 rings (SSSR count). The molecule has 8 heteroatoms. The van der Waals surface area contributed by atoms with Crippen LogP contribution in [0.3, 0.4) is 0 Å². The molecule has 0 aliphatic carbocycles. The second-order valence-corrected chi connectivity index (χ2v) is 4.61. The van der Waals surface area contributed by atoms with E-state index < -0.39 is 0 Å². The Morgan fingerprint density at radius 2 is 2.17 bits per heavy atom. The molecule has 0 saturated carbocycles. The van der Waals surface area contributed by atoms with Crippen LogP contribution >= 0.6 is 23.8 Å². The summed E-state index contributed by atoms with van der Waals surface area (Å²) in [6.45, 7) is 1.91. The summed E-state index contributed by atoms with van der Waals surface area (Å²) in [6, 6.07) is 0. The Morgan fingerprint density at radius 3 is 2.83 bits per heavy atom. The maximum Gasteiger partial charge on any atom is 0.189 e. The van der Waals surface area contributed by atoms with Crippen molar-refractivity contribution in [3.05, 3.63) is 23.2 Å². The molecule has 18 heavy (non-hydrogen) atoms. The number of likely N-dealkylation sites (tertiary alicyclic amines) is 1. The third kappa shape index (κ3) is 3.27. The number of hydrazone groups is 1. The molecule has 0 aromatic carbocycles. The molecule has 1 fully saturated rings. The van der Waals surface area contributed by atoms with Crippen molar-refractivity contribution in [2.24, 2.45) is 10.8 Å². The molecule has 1 aliphatic rings. The van der Waals surface area contributed by atoms with E-state index in [1.54, 1.807) is 0 Å². The van der Waals surface area contributed by atoms with Crippen LogP contribution in [0.5, 0.6) is 0 Å². The van der Waals surface area contributed by atoms with E-state index in [-0.39, 0.29) is 11.0 Å². The minimum atomic E-state index is 0.201. The van der Waals surface area contributed by atoms with Crippen LogP contribution in [-0.4, -0.2) is 38.9 Å². The molecule has 0 unspecified atom stereocenters. The predicted molar refractivity (Wildman–Crippen MR) is 74.3 cm³/mol. The van der Waals surface area contributed by atoms with Gasteiger partial charge < -0.3 is 10.6 Å². The molecule has 1 saturated heterocycles. The van der Waals surface area contributed by atoms with Gasteiger partial charge in [-0.3, -0.25) is 10.4 Å². The summed E-state index contributed by atoms with van der Waals surface area (Å²) in [5, 5.41) is 4.83. The van der Waals surface area contributed by atoms with E-state index in [0.717, 1.165) is 25.9 Å². The van der Waals surface area contributed by atoms with Crippen LogP contribution in [-0.2, 0) is 0 Å². The zero-order chi connectivity index (χ0) is 13.0. The molecule has 6 nitrogen and oxygen atoms in total. The number of nitrogens with two attached hydrogens (primary N) is 1. The van der Waals surface area contributed by atoms with E-state index in [0.29, 0.717) is 10.8 Å². The summed E-state index contributed by atoms with van der Waals surface area (Å²) < 4.78 is 0. The van der Waals surface area contributed by atoms with E-state index in [1.807, 2.05) is 0 Å². The summed E-state index contributed by atoms with van der Waals surface area (Å²) in [6.07, 6.45) is 5.23. The highest BCUT2D eigenvalue weighted by Gasteiger charge is 2.14. The van der Waals surface area contributed by atoms with Crippen LogP contribution < -0.4 is 11.2 Å². The van der Waals surface area contributed by atoms with Crippen molar-refractivity contribution < 1.29 is 0 Å². The fourth-order valence-electron chi connectivity index (χ4n) is 1.62. The highest BCUT2D eigenvalue weighted by Crippen LogP contribution is 2.07. The average molecular weight is 285 g/mol. The molecule has 1 aromatic heterocycles. The van der Waals surface area contributed by atoms with Crippen LogP contribution in [0.1, 0.15) is 18.5 Å². The Bertz CT molecular complexity index is 471. The zero-order valence-corrected chi connectivity index (χ0v) is 11.2. The number of nitrogens with zero attached hydrogens (tertiary/aromatic N) is 4. The van der Waals surface area contributed by atoms with E-state index in [2.05, 4.69) is 25.4 Å². The van der Waals surface area contributed by atoms with Gasteiger partial charge in [0.25, 0.3) is 0 Å². The molecule has 3 N–H and O–H groups in total. The quantitative estimate of drug-likeness (QED) is 0.361. The number of thiocarbonyl (C=S) groups is 1. The lowest BCUT2D eigenvalue weighted by atomic mass is 10.4. The monoisotopic (exact) mass is 284 g/mol. The maximum atomic E-state index is 5.76. The van der Waals surface area contributed by atoms with E-state index in [9.17, 15) is 0 Å². The first kappa shape index (κ1) is 13.0. The van der Waals surface area contributed by atoms with E-state index >= 15 is 0 Å². The van der Waals surface area contributed by atoms with Crippen molar-refractivity contribution in [2.75, 3.05) is 13.1 Å². The number of hydrogen-bond donors (Lipinski definition) is 2. The van der Waals surface area contributed by atoms with Crippen molar-refractivity contribution in [3.8, 4) is 0 Å². The fourth-order valence-corrected chi connectivity index (χ4v) is 2.00. The molecule has 0 amide bonds. The Morgan fingerprint density at radius 1 is 1.44 bits per heavy atom. The van der Waals surface area contributed by atoms with Gasteiger partial charge in [-0.15, -0.1) is 0 Å². The average Bonchev–Trinajstić information content (AvgIpc) is 2.89. The molecule has 2 heterocycles. The lowest BCUT2D eigenvalue weighted by Gasteiger charge is -2.17. The Kier molecular flexibility index (Phi) is 4.27. The van der Waals surface area contributed by atoms with Crippen molar-refractivity contribution in [3.63, 3.8) is 0 Å². The van der Waals surface area contributed by atoms with Crippen molar-refractivity contribution in [1.29, 1.82) is 0 Å². The Balaban J connectivity index is 1.98. The third-order valence-electron chi connectivity index (χ3n) is 2.53. The standard InChI is InChI=1S/C10H13ClN6S/c11-8-6-13-5-7(14-8)9(12)15-16-10(18)17-3-1-2-4-17/h5-6H,1-4H2,(H2,12,15)(H,16,18). The number of halogens is 1. The van der Waals surface area contributed by atoms with Gasteiger partial charge in [0, 0.05) is 13.1 Å². The van der Waals surface area contributed by atoms with Crippen LogP contribution in [0, 0.1) is 0 Å². The molecule has 96 valence electrons. The second-order valence-electron chi connectivity index (χ2n) is 3.84. The molecule has 0 atom stereocenters. The largest absolute Gasteiger partial charge is 0.380 e.